The Morgan fingerprint density at radius 2 is 1.59 bits per heavy atom. The molecule has 0 aliphatic carbocycles. The molecule has 1 fully saturated rings. The summed E-state index contributed by atoms with van der Waals surface area (Å²) in [4.78, 5) is 15.2. The summed E-state index contributed by atoms with van der Waals surface area (Å²) in [6.45, 7) is 9.97. The third-order valence-corrected chi connectivity index (χ3v) is 6.32. The van der Waals surface area contributed by atoms with E-state index in [-0.39, 0.29) is 11.9 Å². The van der Waals surface area contributed by atoms with Gasteiger partial charge in [0.25, 0.3) is 0 Å². The van der Waals surface area contributed by atoms with Crippen molar-refractivity contribution in [3.63, 3.8) is 0 Å². The lowest BCUT2D eigenvalue weighted by atomic mass is 9.89. The number of rotatable bonds is 9. The van der Waals surface area contributed by atoms with E-state index in [2.05, 4.69) is 79.5 Å². The van der Waals surface area contributed by atoms with E-state index in [9.17, 15) is 4.79 Å². The van der Waals surface area contributed by atoms with Gasteiger partial charge in [-0.15, -0.1) is 0 Å². The van der Waals surface area contributed by atoms with Gasteiger partial charge in [-0.3, -0.25) is 4.79 Å². The van der Waals surface area contributed by atoms with Gasteiger partial charge in [-0.05, 0) is 60.9 Å². The van der Waals surface area contributed by atoms with Gasteiger partial charge in [-0.1, -0.05) is 75.4 Å². The molecule has 2 aromatic carbocycles. The Hall–Kier alpha value is -2.13. The average molecular weight is 393 g/mol. The number of nitrogens with one attached hydrogen (secondary N) is 1. The van der Waals surface area contributed by atoms with Crippen molar-refractivity contribution >= 4 is 5.91 Å². The molecular weight excluding hydrogens is 356 g/mol. The van der Waals surface area contributed by atoms with Gasteiger partial charge in [0.2, 0.25) is 5.91 Å². The first-order valence-electron chi connectivity index (χ1n) is 11.2. The Kier molecular flexibility index (Phi) is 7.88. The van der Waals surface area contributed by atoms with Crippen LogP contribution in [0, 0.1) is 5.92 Å². The van der Waals surface area contributed by atoms with Gasteiger partial charge in [0.15, 0.2) is 0 Å². The van der Waals surface area contributed by atoms with Gasteiger partial charge < -0.3 is 10.2 Å². The van der Waals surface area contributed by atoms with Gasteiger partial charge in [0.1, 0.15) is 0 Å². The van der Waals surface area contributed by atoms with Crippen LogP contribution in [0.1, 0.15) is 68.7 Å². The summed E-state index contributed by atoms with van der Waals surface area (Å²) in [5.41, 5.74) is 3.80. The summed E-state index contributed by atoms with van der Waals surface area (Å²) < 4.78 is 0. The summed E-state index contributed by atoms with van der Waals surface area (Å²) >= 11 is 0. The highest BCUT2D eigenvalue weighted by atomic mass is 16.1. The Morgan fingerprint density at radius 1 is 0.931 bits per heavy atom. The van der Waals surface area contributed by atoms with E-state index in [1.54, 1.807) is 0 Å². The molecule has 0 aromatic heterocycles. The lowest BCUT2D eigenvalue weighted by Gasteiger charge is -2.25. The van der Waals surface area contributed by atoms with Crippen molar-refractivity contribution in [3.05, 3.63) is 71.3 Å². The third-order valence-electron chi connectivity index (χ3n) is 6.32. The fourth-order valence-electron chi connectivity index (χ4n) is 4.04. The second kappa shape index (κ2) is 10.6. The first-order valence-corrected chi connectivity index (χ1v) is 11.2. The molecule has 29 heavy (non-hydrogen) atoms. The van der Waals surface area contributed by atoms with Gasteiger partial charge >= 0.3 is 0 Å². The number of carbonyl (C=O) groups excluding carboxylic acids is 1. The highest BCUT2D eigenvalue weighted by Crippen LogP contribution is 2.24. The van der Waals surface area contributed by atoms with E-state index in [1.807, 2.05) is 6.07 Å². The summed E-state index contributed by atoms with van der Waals surface area (Å²) in [5, 5.41) is 3.29. The van der Waals surface area contributed by atoms with Crippen LogP contribution in [0.2, 0.25) is 0 Å². The van der Waals surface area contributed by atoms with E-state index in [1.165, 1.54) is 29.5 Å². The first kappa shape index (κ1) is 21.6. The van der Waals surface area contributed by atoms with Crippen LogP contribution < -0.4 is 5.32 Å². The van der Waals surface area contributed by atoms with E-state index in [4.69, 9.17) is 0 Å². The van der Waals surface area contributed by atoms with E-state index >= 15 is 0 Å². The quantitative estimate of drug-likeness (QED) is 0.625. The Balaban J connectivity index is 1.55. The van der Waals surface area contributed by atoms with Crippen molar-refractivity contribution in [1.29, 1.82) is 0 Å². The first-order chi connectivity index (χ1) is 14.0. The number of benzene rings is 2. The van der Waals surface area contributed by atoms with Gasteiger partial charge in [-0.2, -0.15) is 0 Å². The lowest BCUT2D eigenvalue weighted by molar-refractivity contribution is -0.121. The molecular formula is C26H36N2O. The second-order valence-corrected chi connectivity index (χ2v) is 8.81. The van der Waals surface area contributed by atoms with E-state index in [0.29, 0.717) is 18.3 Å². The maximum absolute atomic E-state index is 12.7. The lowest BCUT2D eigenvalue weighted by Crippen LogP contribution is -2.37. The predicted octanol–water partition coefficient (Wildman–Crippen LogP) is 5.33. The normalized spacial score (nSPS) is 16.7. The Labute approximate surface area is 176 Å². The molecule has 0 unspecified atom stereocenters. The maximum atomic E-state index is 12.7. The van der Waals surface area contributed by atoms with Crippen molar-refractivity contribution in [2.45, 2.75) is 58.4 Å². The van der Waals surface area contributed by atoms with Gasteiger partial charge in [0.05, 0.1) is 6.04 Å². The number of hydrogen-bond donors (Lipinski definition) is 1. The van der Waals surface area contributed by atoms with Crippen LogP contribution in [-0.4, -0.2) is 30.4 Å². The summed E-state index contributed by atoms with van der Waals surface area (Å²) in [6, 6.07) is 19.2. The van der Waals surface area contributed by atoms with E-state index in [0.717, 1.165) is 26.1 Å². The Morgan fingerprint density at radius 3 is 2.21 bits per heavy atom. The minimum atomic E-state index is 0.0658. The van der Waals surface area contributed by atoms with Crippen molar-refractivity contribution < 1.29 is 4.79 Å². The second-order valence-electron chi connectivity index (χ2n) is 8.81. The SMILES string of the molecule is CC(C)[C@H](C)c1ccc(CCC(=O)N[C@H](CN2CCCC2)c2ccccc2)cc1. The van der Waals surface area contributed by atoms with Crippen molar-refractivity contribution in [1.82, 2.24) is 10.2 Å². The number of hydrogen-bond acceptors (Lipinski definition) is 2. The number of aryl methyl sites for hydroxylation is 1. The van der Waals surface area contributed by atoms with Crippen LogP contribution in [0.5, 0.6) is 0 Å². The van der Waals surface area contributed by atoms with Crippen LogP contribution in [-0.2, 0) is 11.2 Å². The molecule has 3 nitrogen and oxygen atoms in total. The molecule has 3 rings (SSSR count). The molecule has 1 saturated heterocycles. The largest absolute Gasteiger partial charge is 0.348 e. The van der Waals surface area contributed by atoms with Crippen LogP contribution in [0.3, 0.4) is 0 Å². The third kappa shape index (κ3) is 6.43. The van der Waals surface area contributed by atoms with Gasteiger partial charge in [0, 0.05) is 13.0 Å². The summed E-state index contributed by atoms with van der Waals surface area (Å²) in [5.74, 6) is 1.33. The molecule has 0 bridgehead atoms. The topological polar surface area (TPSA) is 32.3 Å². The molecule has 0 spiro atoms. The predicted molar refractivity (Wildman–Crippen MR) is 121 cm³/mol. The smallest absolute Gasteiger partial charge is 0.220 e. The maximum Gasteiger partial charge on any atom is 0.220 e. The molecule has 1 heterocycles. The number of amides is 1. The highest BCUT2D eigenvalue weighted by molar-refractivity contribution is 5.76. The van der Waals surface area contributed by atoms with Gasteiger partial charge in [-0.25, -0.2) is 0 Å². The van der Waals surface area contributed by atoms with Crippen LogP contribution in [0.25, 0.3) is 0 Å². The number of nitrogens with zero attached hydrogens (tertiary/aromatic N) is 1. The molecule has 156 valence electrons. The zero-order chi connectivity index (χ0) is 20.6. The zero-order valence-electron chi connectivity index (χ0n) is 18.2. The number of carbonyl (C=O) groups is 1. The van der Waals surface area contributed by atoms with Crippen LogP contribution >= 0.6 is 0 Å². The van der Waals surface area contributed by atoms with Crippen molar-refractivity contribution in [2.24, 2.45) is 5.92 Å². The molecule has 1 aliphatic heterocycles. The minimum Gasteiger partial charge on any atom is -0.348 e. The van der Waals surface area contributed by atoms with Crippen LogP contribution in [0.15, 0.2) is 54.6 Å². The fourth-order valence-corrected chi connectivity index (χ4v) is 4.04. The molecule has 0 radical (unpaired) electrons. The molecule has 1 amide bonds. The molecule has 1 N–H and O–H groups in total. The van der Waals surface area contributed by atoms with E-state index < -0.39 is 0 Å². The molecule has 1 aliphatic rings. The zero-order valence-corrected chi connectivity index (χ0v) is 18.2. The van der Waals surface area contributed by atoms with Crippen molar-refractivity contribution in [3.8, 4) is 0 Å². The standard InChI is InChI=1S/C26H36N2O/c1-20(2)21(3)23-14-11-22(12-15-23)13-16-26(29)27-25(19-28-17-7-8-18-28)24-9-5-4-6-10-24/h4-6,9-12,14-15,20-21,25H,7-8,13,16-19H2,1-3H3,(H,27,29)/t21-,25+/m0/s1. The molecule has 2 atom stereocenters. The average Bonchev–Trinajstić information content (AvgIpc) is 3.25. The van der Waals surface area contributed by atoms with Crippen molar-refractivity contribution in [2.75, 3.05) is 19.6 Å². The fraction of sp³-hybridized carbons (Fsp3) is 0.500. The minimum absolute atomic E-state index is 0.0658. The van der Waals surface area contributed by atoms with Crippen LogP contribution in [0.4, 0.5) is 0 Å². The monoisotopic (exact) mass is 392 g/mol. The molecule has 0 saturated carbocycles. The molecule has 2 aromatic rings. The Bertz CT molecular complexity index is 748. The summed E-state index contributed by atoms with van der Waals surface area (Å²) in [6.07, 6.45) is 3.84. The molecule has 3 heteroatoms. The highest BCUT2D eigenvalue weighted by Gasteiger charge is 2.20. The number of likely N-dealkylation sites (tertiary alicyclic amines) is 1. The summed E-state index contributed by atoms with van der Waals surface area (Å²) in [7, 11) is 0.